The van der Waals surface area contributed by atoms with E-state index >= 15 is 0 Å². The molecule has 2 heterocycles. The normalized spacial score (nSPS) is 13.1. The minimum atomic E-state index is -0.519. The minimum Gasteiger partial charge on any atom is -0.310 e. The second-order valence-corrected chi connectivity index (χ2v) is 16.9. The van der Waals surface area contributed by atoms with Crippen molar-refractivity contribution in [3.8, 4) is 27.9 Å². The van der Waals surface area contributed by atoms with E-state index in [1.54, 1.807) is 0 Å². The highest BCUT2D eigenvalue weighted by molar-refractivity contribution is 6.09. The quantitative estimate of drug-likeness (QED) is 0.166. The monoisotopic (exact) mass is 815 g/mol. The lowest BCUT2D eigenvalue weighted by Gasteiger charge is -2.45. The summed E-state index contributed by atoms with van der Waals surface area (Å²) in [5.41, 5.74) is 19.9. The number of rotatable bonds is 6. The molecule has 0 bridgehead atoms. The molecule has 300 valence electrons. The molecule has 1 aromatic heterocycles. The zero-order valence-electron chi connectivity index (χ0n) is 35.0. The summed E-state index contributed by atoms with van der Waals surface area (Å²) in [7, 11) is 0. The highest BCUT2D eigenvalue weighted by atomic mass is 15.2. The average molecular weight is 816 g/mol. The van der Waals surface area contributed by atoms with Gasteiger partial charge in [0.2, 0.25) is 0 Å². The maximum absolute atomic E-state index is 2.44. The molecule has 0 unspecified atom stereocenters. The first-order valence-corrected chi connectivity index (χ1v) is 22.1. The Hall–Kier alpha value is -8.40. The Balaban J connectivity index is 1.00. The van der Waals surface area contributed by atoms with Gasteiger partial charge in [-0.25, -0.2) is 0 Å². The van der Waals surface area contributed by atoms with Crippen molar-refractivity contribution >= 4 is 55.9 Å². The van der Waals surface area contributed by atoms with Crippen LogP contribution in [0.4, 0.5) is 34.1 Å². The van der Waals surface area contributed by atoms with Crippen LogP contribution in [0, 0.1) is 0 Å². The van der Waals surface area contributed by atoms with E-state index in [-0.39, 0.29) is 0 Å². The number of hydrogen-bond donors (Lipinski definition) is 0. The highest BCUT2D eigenvalue weighted by Gasteiger charge is 2.51. The van der Waals surface area contributed by atoms with Crippen molar-refractivity contribution in [3.63, 3.8) is 0 Å². The summed E-state index contributed by atoms with van der Waals surface area (Å²) in [5.74, 6) is 0. The fourth-order valence-electron chi connectivity index (χ4n) is 10.9. The van der Waals surface area contributed by atoms with Gasteiger partial charge in [-0.3, -0.25) is 0 Å². The summed E-state index contributed by atoms with van der Waals surface area (Å²) >= 11 is 0. The number of nitrogens with zero attached hydrogens (tertiary/aromatic N) is 3. The van der Waals surface area contributed by atoms with Gasteiger partial charge < -0.3 is 14.4 Å². The molecule has 3 nitrogen and oxygen atoms in total. The number of hydrogen-bond acceptors (Lipinski definition) is 2. The molecular formula is C61H41N3. The summed E-state index contributed by atoms with van der Waals surface area (Å²) in [6.45, 7) is 0. The van der Waals surface area contributed by atoms with Gasteiger partial charge in [0, 0.05) is 39.2 Å². The Morgan fingerprint density at radius 3 is 1.42 bits per heavy atom. The summed E-state index contributed by atoms with van der Waals surface area (Å²) in [4.78, 5) is 4.85. The second kappa shape index (κ2) is 14.3. The van der Waals surface area contributed by atoms with E-state index in [9.17, 15) is 0 Å². The largest absolute Gasteiger partial charge is 0.310 e. The van der Waals surface area contributed by atoms with Crippen LogP contribution in [0.1, 0.15) is 22.3 Å². The Morgan fingerprint density at radius 2 is 0.781 bits per heavy atom. The summed E-state index contributed by atoms with van der Waals surface area (Å²) in [6, 6.07) is 91.2. The molecule has 11 aromatic rings. The molecule has 0 N–H and O–H groups in total. The Bertz CT molecular complexity index is 3450. The predicted molar refractivity (Wildman–Crippen MR) is 266 cm³/mol. The number of aromatic nitrogens is 1. The summed E-state index contributed by atoms with van der Waals surface area (Å²) in [5, 5.41) is 2.52. The van der Waals surface area contributed by atoms with Crippen LogP contribution in [0.5, 0.6) is 0 Å². The number of fused-ring (bicyclic) bond motifs is 12. The van der Waals surface area contributed by atoms with Crippen LogP contribution in [-0.4, -0.2) is 4.57 Å². The highest BCUT2D eigenvalue weighted by Crippen LogP contribution is 2.63. The lowest BCUT2D eigenvalue weighted by molar-refractivity contribution is 0.752. The van der Waals surface area contributed by atoms with Crippen molar-refractivity contribution in [1.29, 1.82) is 0 Å². The molecule has 0 fully saturated rings. The zero-order chi connectivity index (χ0) is 42.2. The van der Waals surface area contributed by atoms with Gasteiger partial charge in [0.05, 0.1) is 27.8 Å². The fraction of sp³-hybridized carbons (Fsp3) is 0.0164. The van der Waals surface area contributed by atoms with Crippen molar-refractivity contribution in [1.82, 2.24) is 4.57 Å². The molecule has 3 heteroatoms. The Labute approximate surface area is 373 Å². The molecule has 0 radical (unpaired) electrons. The van der Waals surface area contributed by atoms with Gasteiger partial charge in [0.25, 0.3) is 0 Å². The molecule has 2 aliphatic rings. The second-order valence-electron chi connectivity index (χ2n) is 16.9. The zero-order valence-corrected chi connectivity index (χ0v) is 35.0. The molecule has 0 atom stereocenters. The molecule has 13 rings (SSSR count). The molecule has 0 saturated carbocycles. The SMILES string of the molecule is c1ccc(-c2ccc(N(c3ccc(-n4c5ccccc5c5ccccc54)cc3)c3ccc4c(c3)-c3ccccc3C43c4ccccc4N(c4ccccc4)c4ccccc43)cc2)cc1. The third kappa shape index (κ3) is 5.28. The van der Waals surface area contributed by atoms with E-state index in [1.165, 1.54) is 77.7 Å². The van der Waals surface area contributed by atoms with E-state index < -0.39 is 5.41 Å². The van der Waals surface area contributed by atoms with Gasteiger partial charge in [0.15, 0.2) is 0 Å². The molecule has 1 aliphatic carbocycles. The molecule has 1 aliphatic heterocycles. The van der Waals surface area contributed by atoms with Crippen LogP contribution in [-0.2, 0) is 5.41 Å². The van der Waals surface area contributed by atoms with E-state index in [1.807, 2.05) is 0 Å². The van der Waals surface area contributed by atoms with E-state index in [2.05, 4.69) is 263 Å². The fourth-order valence-corrected chi connectivity index (χ4v) is 10.9. The maximum atomic E-state index is 2.44. The van der Waals surface area contributed by atoms with E-state index in [0.29, 0.717) is 0 Å². The molecule has 0 saturated heterocycles. The van der Waals surface area contributed by atoms with Crippen LogP contribution in [0.3, 0.4) is 0 Å². The molecule has 1 spiro atoms. The maximum Gasteiger partial charge on any atom is 0.0754 e. The third-order valence-corrected chi connectivity index (χ3v) is 13.6. The van der Waals surface area contributed by atoms with Crippen molar-refractivity contribution < 1.29 is 0 Å². The first-order chi connectivity index (χ1) is 31.8. The standard InChI is InChI=1S/C61H41N3/c1-3-17-42(18-4-1)43-31-33-45(34-32-43)62(46-35-37-47(38-36-46)63-57-27-13-8-22-50(57)51-23-9-14-28-58(51)63)48-39-40-54-52(41-48)49-21-7-10-24-53(49)61(54)55-25-11-15-29-59(55)64(44-19-5-2-6-20-44)60-30-16-12-26-56(60)61/h1-41H. The van der Waals surface area contributed by atoms with Crippen LogP contribution in [0.15, 0.2) is 249 Å². The predicted octanol–water partition coefficient (Wildman–Crippen LogP) is 16.1. The van der Waals surface area contributed by atoms with E-state index in [0.717, 1.165) is 28.4 Å². The first kappa shape index (κ1) is 36.3. The van der Waals surface area contributed by atoms with E-state index in [4.69, 9.17) is 0 Å². The average Bonchev–Trinajstić information content (AvgIpc) is 3.86. The summed E-state index contributed by atoms with van der Waals surface area (Å²) < 4.78 is 2.39. The van der Waals surface area contributed by atoms with Crippen LogP contribution in [0.2, 0.25) is 0 Å². The van der Waals surface area contributed by atoms with Gasteiger partial charge in [-0.2, -0.15) is 0 Å². The number of para-hydroxylation sites is 5. The van der Waals surface area contributed by atoms with Gasteiger partial charge >= 0.3 is 0 Å². The lowest BCUT2D eigenvalue weighted by atomic mass is 9.64. The molecule has 64 heavy (non-hydrogen) atoms. The van der Waals surface area contributed by atoms with Crippen molar-refractivity contribution in [3.05, 3.63) is 271 Å². The lowest BCUT2D eigenvalue weighted by Crippen LogP contribution is -2.36. The smallest absolute Gasteiger partial charge is 0.0754 e. The van der Waals surface area contributed by atoms with Crippen LogP contribution < -0.4 is 9.80 Å². The summed E-state index contributed by atoms with van der Waals surface area (Å²) in [6.07, 6.45) is 0. The molecule has 0 amide bonds. The number of benzene rings is 10. The minimum absolute atomic E-state index is 0.519. The van der Waals surface area contributed by atoms with Crippen LogP contribution >= 0.6 is 0 Å². The van der Waals surface area contributed by atoms with Crippen LogP contribution in [0.25, 0.3) is 49.7 Å². The van der Waals surface area contributed by atoms with Crippen molar-refractivity contribution in [2.45, 2.75) is 5.41 Å². The van der Waals surface area contributed by atoms with Gasteiger partial charge in [0.1, 0.15) is 0 Å². The van der Waals surface area contributed by atoms with Crippen molar-refractivity contribution in [2.75, 3.05) is 9.80 Å². The molecule has 10 aromatic carbocycles. The topological polar surface area (TPSA) is 11.4 Å². The van der Waals surface area contributed by atoms with Gasteiger partial charge in [-0.15, -0.1) is 0 Å². The van der Waals surface area contributed by atoms with Crippen molar-refractivity contribution in [2.24, 2.45) is 0 Å². The number of anilines is 6. The first-order valence-electron chi connectivity index (χ1n) is 22.1. The Morgan fingerprint density at radius 1 is 0.312 bits per heavy atom. The Kier molecular flexibility index (Phi) is 8.13. The molecular weight excluding hydrogens is 775 g/mol. The van der Waals surface area contributed by atoms with Gasteiger partial charge in [-0.05, 0) is 129 Å². The third-order valence-electron chi connectivity index (χ3n) is 13.6. The van der Waals surface area contributed by atoms with Gasteiger partial charge in [-0.1, -0.05) is 164 Å².